The quantitative estimate of drug-likeness (QED) is 0.737. The molecule has 1 aromatic carbocycles. The fourth-order valence-corrected chi connectivity index (χ4v) is 2.38. The van der Waals surface area contributed by atoms with Gasteiger partial charge in [-0.15, -0.1) is 0 Å². The summed E-state index contributed by atoms with van der Waals surface area (Å²) >= 11 is 5.92. The van der Waals surface area contributed by atoms with E-state index in [2.05, 4.69) is 26.8 Å². The molecule has 0 saturated carbocycles. The molecule has 0 aliphatic rings. The van der Waals surface area contributed by atoms with Gasteiger partial charge >= 0.3 is 0 Å². The molecule has 0 unspecified atom stereocenters. The van der Waals surface area contributed by atoms with Crippen molar-refractivity contribution in [2.75, 3.05) is 0 Å². The highest BCUT2D eigenvalue weighted by Gasteiger charge is 2.22. The molecule has 0 saturated heterocycles. The predicted molar refractivity (Wildman–Crippen MR) is 79.3 cm³/mol. The molecule has 2 nitrogen and oxygen atoms in total. The number of halogens is 1. The summed E-state index contributed by atoms with van der Waals surface area (Å²) in [6.07, 6.45) is 2.04. The molecule has 0 aliphatic heterocycles. The Kier molecular flexibility index (Phi) is 3.43. The van der Waals surface area contributed by atoms with E-state index in [0.29, 0.717) is 10.7 Å². The molecule has 1 aromatic heterocycles. The van der Waals surface area contributed by atoms with Crippen LogP contribution in [0.2, 0.25) is 5.02 Å². The maximum Gasteiger partial charge on any atom is 0.128 e. The van der Waals surface area contributed by atoms with Crippen molar-refractivity contribution in [3.63, 3.8) is 0 Å². The van der Waals surface area contributed by atoms with Crippen LogP contribution in [0.25, 0.3) is 11.1 Å². The monoisotopic (exact) mass is 272 g/mol. The van der Waals surface area contributed by atoms with E-state index in [4.69, 9.17) is 11.6 Å². The van der Waals surface area contributed by atoms with E-state index in [1.165, 1.54) is 0 Å². The number of hydrogen-bond acceptors (Lipinski definition) is 1. The molecule has 0 atom stereocenters. The Bertz CT molecular complexity index is 637. The van der Waals surface area contributed by atoms with E-state index in [1.807, 2.05) is 42.0 Å². The fraction of sp³-hybridized carbons (Fsp3) is 0.312. The van der Waals surface area contributed by atoms with Crippen molar-refractivity contribution < 1.29 is 0 Å². The van der Waals surface area contributed by atoms with Gasteiger partial charge in [-0.25, -0.2) is 0 Å². The fourth-order valence-electron chi connectivity index (χ4n) is 2.25. The first-order valence-corrected chi connectivity index (χ1v) is 6.61. The molecule has 0 bridgehead atoms. The summed E-state index contributed by atoms with van der Waals surface area (Å²) in [4.78, 5) is 0. The van der Waals surface area contributed by atoms with E-state index in [1.54, 1.807) is 0 Å². The molecule has 0 amide bonds. The van der Waals surface area contributed by atoms with Crippen LogP contribution in [-0.4, -0.2) is 4.57 Å². The number of hydrogen-bond donors (Lipinski definition) is 0. The molecule has 98 valence electrons. The maximum atomic E-state index is 9.49. The molecule has 0 N–H and O–H groups in total. The number of nitrogens with zero attached hydrogens (tertiary/aromatic N) is 2. The van der Waals surface area contributed by atoms with Gasteiger partial charge in [0.1, 0.15) is 11.8 Å². The summed E-state index contributed by atoms with van der Waals surface area (Å²) < 4.78 is 2.03. The Balaban J connectivity index is 2.68. The zero-order valence-electron chi connectivity index (χ0n) is 11.7. The third kappa shape index (κ3) is 2.52. The molecule has 1 heterocycles. The lowest BCUT2D eigenvalue weighted by atomic mass is 10.0. The van der Waals surface area contributed by atoms with Crippen LogP contribution in [0, 0.1) is 18.3 Å². The maximum absolute atomic E-state index is 9.49. The van der Waals surface area contributed by atoms with Crippen molar-refractivity contribution in [2.24, 2.45) is 0 Å². The largest absolute Gasteiger partial charge is 0.333 e. The van der Waals surface area contributed by atoms with Gasteiger partial charge in [-0.2, -0.15) is 5.26 Å². The Morgan fingerprint density at radius 1 is 1.16 bits per heavy atom. The van der Waals surface area contributed by atoms with Crippen molar-refractivity contribution in [2.45, 2.75) is 33.2 Å². The van der Waals surface area contributed by atoms with Crippen LogP contribution < -0.4 is 0 Å². The summed E-state index contributed by atoms with van der Waals surface area (Å²) in [5.74, 6) is 0. The van der Waals surface area contributed by atoms with Gasteiger partial charge in [0.05, 0.1) is 0 Å². The van der Waals surface area contributed by atoms with E-state index >= 15 is 0 Å². The Morgan fingerprint density at radius 3 is 2.21 bits per heavy atom. The SMILES string of the molecule is Cc1cn(C(C)(C)C)c(C#N)c1-c1ccc(Cl)cc1. The lowest BCUT2D eigenvalue weighted by Gasteiger charge is -2.22. The summed E-state index contributed by atoms with van der Waals surface area (Å²) in [6, 6.07) is 9.95. The second-order valence-electron chi connectivity index (χ2n) is 5.70. The minimum atomic E-state index is -0.111. The van der Waals surface area contributed by atoms with Crippen molar-refractivity contribution >= 4 is 11.6 Å². The summed E-state index contributed by atoms with van der Waals surface area (Å²) in [7, 11) is 0. The smallest absolute Gasteiger partial charge is 0.128 e. The molecule has 2 rings (SSSR count). The summed E-state index contributed by atoms with van der Waals surface area (Å²) in [6.45, 7) is 8.32. The van der Waals surface area contributed by atoms with Gasteiger partial charge in [-0.05, 0) is 51.0 Å². The zero-order chi connectivity index (χ0) is 14.2. The van der Waals surface area contributed by atoms with Crippen LogP contribution in [0.1, 0.15) is 32.0 Å². The number of benzene rings is 1. The van der Waals surface area contributed by atoms with Gasteiger partial charge in [0.25, 0.3) is 0 Å². The third-order valence-corrected chi connectivity index (χ3v) is 3.41. The van der Waals surface area contributed by atoms with Crippen LogP contribution in [-0.2, 0) is 5.54 Å². The van der Waals surface area contributed by atoms with Crippen molar-refractivity contribution in [1.29, 1.82) is 5.26 Å². The minimum Gasteiger partial charge on any atom is -0.333 e. The molecule has 0 fully saturated rings. The molecule has 2 aromatic rings. The van der Waals surface area contributed by atoms with Crippen LogP contribution in [0.15, 0.2) is 30.5 Å². The predicted octanol–water partition coefficient (Wildman–Crippen LogP) is 4.74. The van der Waals surface area contributed by atoms with Crippen molar-refractivity contribution in [3.05, 3.63) is 46.7 Å². The standard InChI is InChI=1S/C16H17ClN2/c1-11-10-19(16(2,3)4)14(9-18)15(11)12-5-7-13(17)8-6-12/h5-8,10H,1-4H3. The Morgan fingerprint density at radius 2 is 1.74 bits per heavy atom. The Labute approximate surface area is 119 Å². The van der Waals surface area contributed by atoms with Crippen LogP contribution >= 0.6 is 11.6 Å². The number of rotatable bonds is 1. The lowest BCUT2D eigenvalue weighted by Crippen LogP contribution is -2.22. The van der Waals surface area contributed by atoms with E-state index in [-0.39, 0.29) is 5.54 Å². The molecular formula is C16H17ClN2. The second kappa shape index (κ2) is 4.75. The molecule has 0 aliphatic carbocycles. The average Bonchev–Trinajstić information content (AvgIpc) is 2.67. The minimum absolute atomic E-state index is 0.111. The normalized spacial score (nSPS) is 11.4. The van der Waals surface area contributed by atoms with Gasteiger partial charge in [-0.3, -0.25) is 0 Å². The highest BCUT2D eigenvalue weighted by molar-refractivity contribution is 6.30. The topological polar surface area (TPSA) is 28.7 Å². The van der Waals surface area contributed by atoms with Gasteiger partial charge in [-0.1, -0.05) is 23.7 Å². The lowest BCUT2D eigenvalue weighted by molar-refractivity contribution is 0.395. The van der Waals surface area contributed by atoms with Gasteiger partial charge in [0.15, 0.2) is 0 Å². The number of aryl methyl sites for hydroxylation is 1. The van der Waals surface area contributed by atoms with Crippen molar-refractivity contribution in [1.82, 2.24) is 4.57 Å². The molecule has 19 heavy (non-hydrogen) atoms. The first kappa shape index (κ1) is 13.7. The van der Waals surface area contributed by atoms with E-state index in [9.17, 15) is 5.26 Å². The first-order chi connectivity index (χ1) is 8.84. The van der Waals surface area contributed by atoms with Crippen LogP contribution in [0.3, 0.4) is 0 Å². The molecular weight excluding hydrogens is 256 g/mol. The average molecular weight is 273 g/mol. The molecule has 0 radical (unpaired) electrons. The summed E-state index contributed by atoms with van der Waals surface area (Å²) in [5.41, 5.74) is 3.72. The Hall–Kier alpha value is -1.72. The number of nitriles is 1. The summed E-state index contributed by atoms with van der Waals surface area (Å²) in [5, 5.41) is 10.2. The highest BCUT2D eigenvalue weighted by Crippen LogP contribution is 2.32. The van der Waals surface area contributed by atoms with Gasteiger partial charge in [0, 0.05) is 22.3 Å². The third-order valence-electron chi connectivity index (χ3n) is 3.16. The first-order valence-electron chi connectivity index (χ1n) is 6.23. The van der Waals surface area contributed by atoms with Crippen molar-refractivity contribution in [3.8, 4) is 17.2 Å². The highest BCUT2D eigenvalue weighted by atomic mass is 35.5. The number of aromatic nitrogens is 1. The van der Waals surface area contributed by atoms with E-state index < -0.39 is 0 Å². The van der Waals surface area contributed by atoms with Crippen LogP contribution in [0.4, 0.5) is 0 Å². The van der Waals surface area contributed by atoms with Gasteiger partial charge in [0.2, 0.25) is 0 Å². The second-order valence-corrected chi connectivity index (χ2v) is 6.13. The zero-order valence-corrected chi connectivity index (χ0v) is 12.4. The molecule has 0 spiro atoms. The van der Waals surface area contributed by atoms with E-state index in [0.717, 1.165) is 16.7 Å². The van der Waals surface area contributed by atoms with Gasteiger partial charge < -0.3 is 4.57 Å². The molecule has 3 heteroatoms. The van der Waals surface area contributed by atoms with Crippen LogP contribution in [0.5, 0.6) is 0 Å².